The SMILES string of the molecule is Cc1ccc(C(=O)/C=C/c2ccc(COc3cccc(C(F)(F)F)c3)o2)s1. The summed E-state index contributed by atoms with van der Waals surface area (Å²) in [5.41, 5.74) is -0.773. The van der Waals surface area contributed by atoms with Gasteiger partial charge in [0.15, 0.2) is 5.78 Å². The van der Waals surface area contributed by atoms with Crippen LogP contribution in [-0.2, 0) is 12.8 Å². The third-order valence-electron chi connectivity index (χ3n) is 3.61. The Morgan fingerprint density at radius 1 is 1.19 bits per heavy atom. The van der Waals surface area contributed by atoms with Gasteiger partial charge in [-0.1, -0.05) is 6.07 Å². The van der Waals surface area contributed by atoms with Gasteiger partial charge in [-0.15, -0.1) is 11.3 Å². The number of benzene rings is 1. The van der Waals surface area contributed by atoms with Crippen LogP contribution in [0.1, 0.15) is 31.6 Å². The van der Waals surface area contributed by atoms with Crippen LogP contribution in [0.2, 0.25) is 0 Å². The molecule has 0 saturated heterocycles. The van der Waals surface area contributed by atoms with Crippen LogP contribution in [0.15, 0.2) is 59.0 Å². The fourth-order valence-corrected chi connectivity index (χ4v) is 3.07. The average molecular weight is 392 g/mol. The van der Waals surface area contributed by atoms with Crippen LogP contribution >= 0.6 is 11.3 Å². The fourth-order valence-electron chi connectivity index (χ4n) is 2.29. The maximum absolute atomic E-state index is 12.7. The molecular formula is C20H15F3O3S. The summed E-state index contributed by atoms with van der Waals surface area (Å²) in [5, 5.41) is 0. The van der Waals surface area contributed by atoms with Crippen LogP contribution in [0.5, 0.6) is 5.75 Å². The number of alkyl halides is 3. The molecule has 3 aromatic rings. The van der Waals surface area contributed by atoms with Gasteiger partial charge in [0.05, 0.1) is 10.4 Å². The predicted molar refractivity (Wildman–Crippen MR) is 96.9 cm³/mol. The van der Waals surface area contributed by atoms with Crippen molar-refractivity contribution >= 4 is 23.2 Å². The summed E-state index contributed by atoms with van der Waals surface area (Å²) < 4.78 is 49.0. The van der Waals surface area contributed by atoms with Gasteiger partial charge in [0.25, 0.3) is 0 Å². The smallest absolute Gasteiger partial charge is 0.416 e. The number of aryl methyl sites for hydroxylation is 1. The molecule has 0 aliphatic heterocycles. The minimum Gasteiger partial charge on any atom is -0.486 e. The van der Waals surface area contributed by atoms with E-state index in [4.69, 9.17) is 9.15 Å². The first kappa shape index (κ1) is 19.0. The van der Waals surface area contributed by atoms with Gasteiger partial charge in [-0.2, -0.15) is 13.2 Å². The van der Waals surface area contributed by atoms with E-state index in [1.165, 1.54) is 29.5 Å². The van der Waals surface area contributed by atoms with Crippen molar-refractivity contribution in [1.82, 2.24) is 0 Å². The van der Waals surface area contributed by atoms with Crippen LogP contribution in [0.3, 0.4) is 0 Å². The van der Waals surface area contributed by atoms with Gasteiger partial charge in [0.1, 0.15) is 23.9 Å². The number of hydrogen-bond acceptors (Lipinski definition) is 4. The van der Waals surface area contributed by atoms with E-state index in [0.29, 0.717) is 16.4 Å². The van der Waals surface area contributed by atoms with E-state index in [9.17, 15) is 18.0 Å². The number of rotatable bonds is 6. The molecular weight excluding hydrogens is 377 g/mol. The van der Waals surface area contributed by atoms with Crippen molar-refractivity contribution in [3.8, 4) is 5.75 Å². The molecule has 2 aromatic heterocycles. The third kappa shape index (κ3) is 5.10. The second-order valence-corrected chi connectivity index (χ2v) is 7.01. The Hall–Kier alpha value is -2.80. The van der Waals surface area contributed by atoms with E-state index in [2.05, 4.69) is 0 Å². The maximum atomic E-state index is 12.7. The number of halogens is 3. The topological polar surface area (TPSA) is 39.4 Å². The number of hydrogen-bond donors (Lipinski definition) is 0. The summed E-state index contributed by atoms with van der Waals surface area (Å²) in [6, 6.07) is 11.6. The van der Waals surface area contributed by atoms with Crippen molar-refractivity contribution in [1.29, 1.82) is 0 Å². The molecule has 0 radical (unpaired) electrons. The van der Waals surface area contributed by atoms with Crippen molar-refractivity contribution in [2.45, 2.75) is 19.7 Å². The Labute approximate surface area is 157 Å². The average Bonchev–Trinajstić information content (AvgIpc) is 3.26. The van der Waals surface area contributed by atoms with Crippen molar-refractivity contribution in [2.24, 2.45) is 0 Å². The standard InChI is InChI=1S/C20H15F3O3S/c1-13-5-10-19(27-13)18(24)9-8-15-6-7-17(26-15)12-25-16-4-2-3-14(11-16)20(21,22)23/h2-11H,12H2,1H3/b9-8+. The highest BCUT2D eigenvalue weighted by Crippen LogP contribution is 2.31. The van der Waals surface area contributed by atoms with Crippen molar-refractivity contribution in [3.63, 3.8) is 0 Å². The minimum atomic E-state index is -4.42. The molecule has 0 aliphatic carbocycles. The first-order valence-electron chi connectivity index (χ1n) is 7.99. The molecule has 1 aromatic carbocycles. The van der Waals surface area contributed by atoms with Crippen molar-refractivity contribution in [2.75, 3.05) is 0 Å². The number of ether oxygens (including phenoxy) is 1. The number of carbonyl (C=O) groups is 1. The van der Waals surface area contributed by atoms with Crippen LogP contribution < -0.4 is 4.74 Å². The Balaban J connectivity index is 1.60. The summed E-state index contributed by atoms with van der Waals surface area (Å²) in [7, 11) is 0. The quantitative estimate of drug-likeness (QED) is 0.373. The number of carbonyl (C=O) groups excluding carboxylic acids is 1. The van der Waals surface area contributed by atoms with E-state index in [0.717, 1.165) is 17.0 Å². The van der Waals surface area contributed by atoms with Gasteiger partial charge in [0.2, 0.25) is 0 Å². The lowest BCUT2D eigenvalue weighted by Crippen LogP contribution is -2.05. The molecule has 0 amide bonds. The molecule has 140 valence electrons. The van der Waals surface area contributed by atoms with Crippen molar-refractivity contribution in [3.05, 3.63) is 81.4 Å². The maximum Gasteiger partial charge on any atom is 0.416 e. The number of furan rings is 1. The highest BCUT2D eigenvalue weighted by Gasteiger charge is 2.30. The number of thiophene rings is 1. The van der Waals surface area contributed by atoms with Crippen LogP contribution in [0.25, 0.3) is 6.08 Å². The summed E-state index contributed by atoms with van der Waals surface area (Å²) in [6.07, 6.45) is -1.46. The molecule has 0 bridgehead atoms. The molecule has 0 fully saturated rings. The van der Waals surface area contributed by atoms with E-state index in [1.54, 1.807) is 24.3 Å². The van der Waals surface area contributed by atoms with Gasteiger partial charge in [0, 0.05) is 4.88 Å². The first-order chi connectivity index (χ1) is 12.8. The Morgan fingerprint density at radius 2 is 2.00 bits per heavy atom. The van der Waals surface area contributed by atoms with Crippen LogP contribution in [0.4, 0.5) is 13.2 Å². The van der Waals surface area contributed by atoms with Gasteiger partial charge in [-0.25, -0.2) is 0 Å². The van der Waals surface area contributed by atoms with Crippen LogP contribution in [-0.4, -0.2) is 5.78 Å². The van der Waals surface area contributed by atoms with Gasteiger partial charge in [-0.05, 0) is 61.5 Å². The Morgan fingerprint density at radius 3 is 2.70 bits per heavy atom. The molecule has 2 heterocycles. The lowest BCUT2D eigenvalue weighted by Gasteiger charge is -2.09. The molecule has 0 spiro atoms. The molecule has 0 N–H and O–H groups in total. The molecule has 7 heteroatoms. The van der Waals surface area contributed by atoms with Gasteiger partial charge in [-0.3, -0.25) is 4.79 Å². The van der Waals surface area contributed by atoms with E-state index < -0.39 is 11.7 Å². The molecule has 0 aliphatic rings. The zero-order valence-corrected chi connectivity index (χ0v) is 15.1. The molecule has 0 saturated carbocycles. The minimum absolute atomic E-state index is 0.0206. The van der Waals surface area contributed by atoms with E-state index in [-0.39, 0.29) is 18.1 Å². The Bertz CT molecular complexity index is 967. The van der Waals surface area contributed by atoms with Gasteiger partial charge < -0.3 is 9.15 Å². The lowest BCUT2D eigenvalue weighted by molar-refractivity contribution is -0.137. The molecule has 3 rings (SSSR count). The lowest BCUT2D eigenvalue weighted by atomic mass is 10.2. The largest absolute Gasteiger partial charge is 0.486 e. The zero-order chi connectivity index (χ0) is 19.4. The molecule has 0 atom stereocenters. The number of allylic oxidation sites excluding steroid dienone is 1. The highest BCUT2D eigenvalue weighted by molar-refractivity contribution is 7.14. The van der Waals surface area contributed by atoms with Crippen molar-refractivity contribution < 1.29 is 27.1 Å². The highest BCUT2D eigenvalue weighted by atomic mass is 32.1. The first-order valence-corrected chi connectivity index (χ1v) is 8.80. The second-order valence-electron chi connectivity index (χ2n) is 5.73. The monoisotopic (exact) mass is 392 g/mol. The summed E-state index contributed by atoms with van der Waals surface area (Å²) in [5.74, 6) is 0.874. The summed E-state index contributed by atoms with van der Waals surface area (Å²) in [4.78, 5) is 13.7. The fraction of sp³-hybridized carbons (Fsp3) is 0.150. The van der Waals surface area contributed by atoms with Crippen LogP contribution in [0, 0.1) is 6.92 Å². The molecule has 0 unspecified atom stereocenters. The predicted octanol–water partition coefficient (Wildman–Crippen LogP) is 6.14. The zero-order valence-electron chi connectivity index (χ0n) is 14.2. The third-order valence-corrected chi connectivity index (χ3v) is 4.62. The Kier molecular flexibility index (Phi) is 5.51. The van der Waals surface area contributed by atoms with E-state index >= 15 is 0 Å². The number of ketones is 1. The van der Waals surface area contributed by atoms with E-state index in [1.807, 2.05) is 13.0 Å². The molecule has 3 nitrogen and oxygen atoms in total. The summed E-state index contributed by atoms with van der Waals surface area (Å²) >= 11 is 1.41. The summed E-state index contributed by atoms with van der Waals surface area (Å²) in [6.45, 7) is 1.90. The normalized spacial score (nSPS) is 11.9. The van der Waals surface area contributed by atoms with Gasteiger partial charge >= 0.3 is 6.18 Å². The molecule has 27 heavy (non-hydrogen) atoms. The second kappa shape index (κ2) is 7.84.